The molecule has 1 rings (SSSR count). The summed E-state index contributed by atoms with van der Waals surface area (Å²) < 4.78 is 0. The smallest absolute Gasteiger partial charge is 0.232 e. The number of nitrogens with zero attached hydrogens (tertiary/aromatic N) is 1. The number of carbonyl (C=O) groups excluding carboxylic acids is 1. The fourth-order valence-electron chi connectivity index (χ4n) is 1.04. The van der Waals surface area contributed by atoms with Gasteiger partial charge < -0.3 is 10.6 Å². The Hall–Kier alpha value is -1.16. The van der Waals surface area contributed by atoms with Crippen molar-refractivity contribution in [2.45, 2.75) is 11.8 Å². The van der Waals surface area contributed by atoms with Gasteiger partial charge in [-0.1, -0.05) is 6.07 Å². The number of thioether (sulfide) groups is 1. The van der Waals surface area contributed by atoms with Crippen molar-refractivity contribution < 1.29 is 4.79 Å². The first-order valence-electron chi connectivity index (χ1n) is 4.85. The molecular weight excluding hydrogens is 208 g/mol. The Bertz CT molecular complexity index is 341. The van der Waals surface area contributed by atoms with Gasteiger partial charge in [0.15, 0.2) is 0 Å². The minimum Gasteiger partial charge on any atom is -0.399 e. The van der Waals surface area contributed by atoms with Crippen LogP contribution in [-0.4, -0.2) is 30.2 Å². The SMILES string of the molecule is CCN(C)C(=O)CSc1cccc(N)c1. The van der Waals surface area contributed by atoms with Crippen molar-refractivity contribution in [2.24, 2.45) is 0 Å². The predicted octanol–water partition coefficient (Wildman–Crippen LogP) is 1.84. The number of anilines is 1. The lowest BCUT2D eigenvalue weighted by atomic mass is 10.3. The number of nitrogen functional groups attached to an aromatic ring is 1. The molecule has 0 radical (unpaired) electrons. The van der Waals surface area contributed by atoms with E-state index in [1.54, 1.807) is 4.90 Å². The standard InChI is InChI=1S/C11H16N2OS/c1-3-13(2)11(14)8-15-10-6-4-5-9(12)7-10/h4-7H,3,8,12H2,1-2H3. The number of amides is 1. The quantitative estimate of drug-likeness (QED) is 0.627. The van der Waals surface area contributed by atoms with Crippen molar-refractivity contribution in [3.05, 3.63) is 24.3 Å². The Morgan fingerprint density at radius 3 is 2.87 bits per heavy atom. The maximum Gasteiger partial charge on any atom is 0.232 e. The molecule has 0 saturated carbocycles. The molecule has 0 saturated heterocycles. The van der Waals surface area contributed by atoms with E-state index in [2.05, 4.69) is 0 Å². The number of carbonyl (C=O) groups is 1. The van der Waals surface area contributed by atoms with Crippen molar-refractivity contribution >= 4 is 23.4 Å². The van der Waals surface area contributed by atoms with E-state index in [1.165, 1.54) is 11.8 Å². The molecule has 0 atom stereocenters. The molecule has 3 nitrogen and oxygen atoms in total. The molecule has 0 spiro atoms. The Morgan fingerprint density at radius 2 is 2.27 bits per heavy atom. The first-order valence-corrected chi connectivity index (χ1v) is 5.84. The van der Waals surface area contributed by atoms with Crippen LogP contribution in [0, 0.1) is 0 Å². The highest BCUT2D eigenvalue weighted by Gasteiger charge is 2.06. The average Bonchev–Trinajstić information content (AvgIpc) is 2.25. The van der Waals surface area contributed by atoms with E-state index < -0.39 is 0 Å². The maximum absolute atomic E-state index is 11.5. The predicted molar refractivity (Wildman–Crippen MR) is 64.9 cm³/mol. The van der Waals surface area contributed by atoms with Gasteiger partial charge in [-0.25, -0.2) is 0 Å². The summed E-state index contributed by atoms with van der Waals surface area (Å²) in [7, 11) is 1.81. The first-order chi connectivity index (χ1) is 7.13. The molecule has 15 heavy (non-hydrogen) atoms. The second kappa shape index (κ2) is 5.66. The molecule has 2 N–H and O–H groups in total. The molecule has 0 bridgehead atoms. The third-order valence-electron chi connectivity index (χ3n) is 2.12. The number of benzene rings is 1. The summed E-state index contributed by atoms with van der Waals surface area (Å²) in [5, 5.41) is 0. The molecule has 0 fully saturated rings. The lowest BCUT2D eigenvalue weighted by molar-refractivity contribution is -0.126. The number of hydrogen-bond acceptors (Lipinski definition) is 3. The molecule has 82 valence electrons. The van der Waals surface area contributed by atoms with E-state index in [9.17, 15) is 4.79 Å². The third-order valence-corrected chi connectivity index (χ3v) is 3.10. The summed E-state index contributed by atoms with van der Waals surface area (Å²) in [6.07, 6.45) is 0. The lowest BCUT2D eigenvalue weighted by Gasteiger charge is -2.13. The zero-order valence-electron chi connectivity index (χ0n) is 9.06. The van der Waals surface area contributed by atoms with E-state index in [0.29, 0.717) is 5.75 Å². The number of rotatable bonds is 4. The van der Waals surface area contributed by atoms with E-state index >= 15 is 0 Å². The van der Waals surface area contributed by atoms with Gasteiger partial charge in [0.1, 0.15) is 0 Å². The molecule has 1 aromatic rings. The molecule has 0 aliphatic carbocycles. The van der Waals surface area contributed by atoms with Gasteiger partial charge in [-0.3, -0.25) is 4.79 Å². The van der Waals surface area contributed by atoms with Crippen molar-refractivity contribution in [3.63, 3.8) is 0 Å². The summed E-state index contributed by atoms with van der Waals surface area (Å²) in [4.78, 5) is 14.2. The Balaban J connectivity index is 2.47. The molecule has 0 aliphatic heterocycles. The van der Waals surface area contributed by atoms with Gasteiger partial charge in [-0.05, 0) is 25.1 Å². The van der Waals surface area contributed by atoms with Crippen molar-refractivity contribution in [1.29, 1.82) is 0 Å². The van der Waals surface area contributed by atoms with Crippen LogP contribution in [0.2, 0.25) is 0 Å². The summed E-state index contributed by atoms with van der Waals surface area (Å²) >= 11 is 1.52. The molecule has 0 aromatic heterocycles. The van der Waals surface area contributed by atoms with E-state index in [4.69, 9.17) is 5.73 Å². The monoisotopic (exact) mass is 224 g/mol. The molecular formula is C11H16N2OS. The zero-order chi connectivity index (χ0) is 11.3. The Labute approximate surface area is 94.6 Å². The molecule has 0 aliphatic rings. The van der Waals surface area contributed by atoms with Gasteiger partial charge in [0.2, 0.25) is 5.91 Å². The third kappa shape index (κ3) is 3.83. The average molecular weight is 224 g/mol. The molecule has 0 unspecified atom stereocenters. The highest BCUT2D eigenvalue weighted by Crippen LogP contribution is 2.20. The fraction of sp³-hybridized carbons (Fsp3) is 0.364. The Morgan fingerprint density at radius 1 is 1.53 bits per heavy atom. The second-order valence-electron chi connectivity index (χ2n) is 3.27. The highest BCUT2D eigenvalue weighted by atomic mass is 32.2. The van der Waals surface area contributed by atoms with Crippen LogP contribution in [0.25, 0.3) is 0 Å². The van der Waals surface area contributed by atoms with E-state index in [1.807, 2.05) is 38.2 Å². The van der Waals surface area contributed by atoms with Crippen LogP contribution in [0.15, 0.2) is 29.2 Å². The summed E-state index contributed by atoms with van der Waals surface area (Å²) in [6, 6.07) is 7.57. The zero-order valence-corrected chi connectivity index (χ0v) is 9.88. The van der Waals surface area contributed by atoms with Crippen LogP contribution < -0.4 is 5.73 Å². The minimum atomic E-state index is 0.143. The van der Waals surface area contributed by atoms with Crippen LogP contribution in [0.5, 0.6) is 0 Å². The normalized spacial score (nSPS) is 10.0. The van der Waals surface area contributed by atoms with Crippen LogP contribution in [-0.2, 0) is 4.79 Å². The minimum absolute atomic E-state index is 0.143. The molecule has 4 heteroatoms. The maximum atomic E-state index is 11.5. The highest BCUT2D eigenvalue weighted by molar-refractivity contribution is 8.00. The molecule has 1 aromatic carbocycles. The van der Waals surface area contributed by atoms with Crippen LogP contribution in [0.3, 0.4) is 0 Å². The first kappa shape index (κ1) is 11.9. The van der Waals surface area contributed by atoms with Gasteiger partial charge in [-0.15, -0.1) is 11.8 Å². The van der Waals surface area contributed by atoms with Crippen molar-refractivity contribution in [2.75, 3.05) is 25.1 Å². The van der Waals surface area contributed by atoms with E-state index in [-0.39, 0.29) is 5.91 Å². The van der Waals surface area contributed by atoms with Crippen LogP contribution in [0.1, 0.15) is 6.92 Å². The van der Waals surface area contributed by atoms with Gasteiger partial charge in [0, 0.05) is 24.2 Å². The molecule has 0 heterocycles. The second-order valence-corrected chi connectivity index (χ2v) is 4.32. The van der Waals surface area contributed by atoms with E-state index in [0.717, 1.165) is 17.1 Å². The van der Waals surface area contributed by atoms with Crippen LogP contribution >= 0.6 is 11.8 Å². The van der Waals surface area contributed by atoms with Gasteiger partial charge in [-0.2, -0.15) is 0 Å². The topological polar surface area (TPSA) is 46.3 Å². The fourth-order valence-corrected chi connectivity index (χ4v) is 1.94. The Kier molecular flexibility index (Phi) is 4.49. The number of hydrogen-bond donors (Lipinski definition) is 1. The van der Waals surface area contributed by atoms with Crippen LogP contribution in [0.4, 0.5) is 5.69 Å². The van der Waals surface area contributed by atoms with Crippen molar-refractivity contribution in [3.8, 4) is 0 Å². The molecule has 1 amide bonds. The van der Waals surface area contributed by atoms with Gasteiger partial charge >= 0.3 is 0 Å². The summed E-state index contributed by atoms with van der Waals surface area (Å²) in [5.41, 5.74) is 6.37. The summed E-state index contributed by atoms with van der Waals surface area (Å²) in [5.74, 6) is 0.610. The van der Waals surface area contributed by atoms with Gasteiger partial charge in [0.05, 0.1) is 5.75 Å². The lowest BCUT2D eigenvalue weighted by Crippen LogP contribution is -2.27. The van der Waals surface area contributed by atoms with Gasteiger partial charge in [0.25, 0.3) is 0 Å². The van der Waals surface area contributed by atoms with Crippen molar-refractivity contribution in [1.82, 2.24) is 4.90 Å². The summed E-state index contributed by atoms with van der Waals surface area (Å²) in [6.45, 7) is 2.71. The largest absolute Gasteiger partial charge is 0.399 e. The number of nitrogens with two attached hydrogens (primary N) is 1.